The van der Waals surface area contributed by atoms with Gasteiger partial charge in [-0.15, -0.1) is 0 Å². The number of nitrogens with one attached hydrogen (secondary N) is 2. The van der Waals surface area contributed by atoms with Crippen LogP contribution in [-0.4, -0.2) is 30.1 Å². The van der Waals surface area contributed by atoms with Gasteiger partial charge >= 0.3 is 6.09 Å². The lowest BCUT2D eigenvalue weighted by molar-refractivity contribution is -0.111. The summed E-state index contributed by atoms with van der Waals surface area (Å²) in [5.41, 5.74) is 7.46. The van der Waals surface area contributed by atoms with Gasteiger partial charge in [-0.2, -0.15) is 0 Å². The van der Waals surface area contributed by atoms with Gasteiger partial charge in [0.1, 0.15) is 6.10 Å². The van der Waals surface area contributed by atoms with E-state index in [-0.39, 0.29) is 17.1 Å². The smallest absolute Gasteiger partial charge is 0.414 e. The molecule has 0 bridgehead atoms. The molecule has 0 saturated heterocycles. The molecule has 0 aliphatic carbocycles. The molecule has 3 amide bonds. The monoisotopic (exact) mass is 489 g/mol. The van der Waals surface area contributed by atoms with E-state index in [4.69, 9.17) is 15.2 Å². The van der Waals surface area contributed by atoms with Crippen LogP contribution in [0.25, 0.3) is 0 Å². The summed E-state index contributed by atoms with van der Waals surface area (Å²) >= 11 is 0. The van der Waals surface area contributed by atoms with Crippen molar-refractivity contribution < 1.29 is 29.0 Å². The van der Waals surface area contributed by atoms with Gasteiger partial charge in [0.15, 0.2) is 11.5 Å². The molecular weight excluding hydrogens is 462 g/mol. The number of nitrogens with two attached hydrogens (primary N) is 1. The molecule has 0 heterocycles. The zero-order valence-electron chi connectivity index (χ0n) is 19.8. The number of imide groups is 1. The van der Waals surface area contributed by atoms with Crippen LogP contribution in [0.5, 0.6) is 11.5 Å². The third kappa shape index (κ3) is 6.86. The molecule has 0 unspecified atom stereocenters. The number of para-hydroxylation sites is 2. The topological polar surface area (TPSA) is 140 Å². The van der Waals surface area contributed by atoms with Gasteiger partial charge in [-0.05, 0) is 48.0 Å². The van der Waals surface area contributed by atoms with E-state index in [1.54, 1.807) is 73.7 Å². The number of ether oxygens (including phenoxy) is 2. The number of carbonyl (C=O) groups is 3. The predicted octanol–water partition coefficient (Wildman–Crippen LogP) is 4.42. The van der Waals surface area contributed by atoms with Gasteiger partial charge in [0.25, 0.3) is 5.91 Å². The van der Waals surface area contributed by atoms with E-state index in [9.17, 15) is 19.5 Å². The average Bonchev–Trinajstić information content (AvgIpc) is 2.87. The van der Waals surface area contributed by atoms with Crippen LogP contribution in [0, 0.1) is 5.92 Å². The Balaban J connectivity index is 1.77. The van der Waals surface area contributed by atoms with Crippen molar-refractivity contribution in [2.75, 3.05) is 18.2 Å². The van der Waals surface area contributed by atoms with Crippen molar-refractivity contribution >= 4 is 29.3 Å². The number of alkyl carbamates (subject to hydrolysis) is 1. The first-order valence-electron chi connectivity index (χ1n) is 11.1. The van der Waals surface area contributed by atoms with Crippen LogP contribution in [0.4, 0.5) is 16.2 Å². The lowest BCUT2D eigenvalue weighted by Crippen LogP contribution is -2.33. The molecule has 3 aromatic carbocycles. The summed E-state index contributed by atoms with van der Waals surface area (Å²) in [6, 6.07) is 19.6. The molecule has 0 spiro atoms. The summed E-state index contributed by atoms with van der Waals surface area (Å²) in [6.07, 6.45) is 0.915. The van der Waals surface area contributed by atoms with Crippen LogP contribution >= 0.6 is 0 Å². The number of aromatic hydroxyl groups is 1. The van der Waals surface area contributed by atoms with Crippen LogP contribution in [0.3, 0.4) is 0 Å². The Morgan fingerprint density at radius 3 is 2.36 bits per heavy atom. The van der Waals surface area contributed by atoms with Gasteiger partial charge in [0.05, 0.1) is 18.5 Å². The van der Waals surface area contributed by atoms with Gasteiger partial charge < -0.3 is 25.6 Å². The molecule has 0 radical (unpaired) electrons. The first-order valence-corrected chi connectivity index (χ1v) is 11.1. The Labute approximate surface area is 208 Å². The van der Waals surface area contributed by atoms with E-state index in [0.29, 0.717) is 16.9 Å². The maximum absolute atomic E-state index is 12.6. The van der Waals surface area contributed by atoms with Crippen molar-refractivity contribution in [2.24, 2.45) is 5.92 Å². The number of nitrogen functional groups attached to an aromatic ring is 1. The van der Waals surface area contributed by atoms with E-state index >= 15 is 0 Å². The number of carbonyl (C=O) groups excluding carboxylic acids is 3. The molecule has 186 valence electrons. The second-order valence-electron chi connectivity index (χ2n) is 7.87. The summed E-state index contributed by atoms with van der Waals surface area (Å²) in [5, 5.41) is 15.1. The van der Waals surface area contributed by atoms with Crippen molar-refractivity contribution in [1.82, 2.24) is 5.32 Å². The van der Waals surface area contributed by atoms with Gasteiger partial charge in [-0.3, -0.25) is 14.9 Å². The molecule has 2 atom stereocenters. The van der Waals surface area contributed by atoms with Crippen molar-refractivity contribution in [1.29, 1.82) is 0 Å². The molecule has 0 aliphatic heterocycles. The van der Waals surface area contributed by atoms with Crippen LogP contribution in [0.1, 0.15) is 28.9 Å². The zero-order valence-corrected chi connectivity index (χ0v) is 19.8. The number of amides is 3. The minimum atomic E-state index is -0.981. The Morgan fingerprint density at radius 2 is 1.69 bits per heavy atom. The highest BCUT2D eigenvalue weighted by atomic mass is 16.6. The first-order chi connectivity index (χ1) is 17.3. The Kier molecular flexibility index (Phi) is 8.66. The SMILES string of the molecule is COc1ccc([C@@H](OC(=O)NC(=O)c2ccccc2)[C@@H](C)/C=C/C(=O)Nc2ccccc2N)cc1O. The van der Waals surface area contributed by atoms with Gasteiger partial charge in [0, 0.05) is 11.5 Å². The van der Waals surface area contributed by atoms with E-state index < -0.39 is 29.9 Å². The number of anilines is 2. The lowest BCUT2D eigenvalue weighted by Gasteiger charge is -2.23. The number of methoxy groups -OCH3 is 1. The van der Waals surface area contributed by atoms with E-state index in [1.807, 2.05) is 0 Å². The van der Waals surface area contributed by atoms with E-state index in [0.717, 1.165) is 0 Å². The molecule has 0 fully saturated rings. The Hall–Kier alpha value is -4.79. The van der Waals surface area contributed by atoms with Crippen molar-refractivity contribution in [3.8, 4) is 11.5 Å². The first kappa shape index (κ1) is 25.8. The van der Waals surface area contributed by atoms with Gasteiger partial charge in [-0.25, -0.2) is 4.79 Å². The minimum absolute atomic E-state index is 0.155. The molecule has 9 heteroatoms. The van der Waals surface area contributed by atoms with Crippen LogP contribution in [0.2, 0.25) is 0 Å². The summed E-state index contributed by atoms with van der Waals surface area (Å²) in [5.74, 6) is -1.50. The number of phenols is 1. The third-order valence-corrected chi connectivity index (χ3v) is 5.26. The summed E-state index contributed by atoms with van der Waals surface area (Å²) in [4.78, 5) is 37.3. The lowest BCUT2D eigenvalue weighted by atomic mass is 9.96. The molecule has 9 nitrogen and oxygen atoms in total. The number of hydrogen-bond donors (Lipinski definition) is 4. The van der Waals surface area contributed by atoms with Crippen LogP contribution in [0.15, 0.2) is 84.9 Å². The standard InChI is InChI=1S/C27H27N3O6/c1-17(12-15-24(32)29-21-11-7-6-10-20(21)28)25(19-13-14-23(35-2)22(31)16-19)36-27(34)30-26(33)18-8-4-3-5-9-18/h3-17,25,31H,28H2,1-2H3,(H,29,32)(H,30,33,34)/b15-12+/t17-,25-/m0/s1. The largest absolute Gasteiger partial charge is 0.504 e. The molecule has 3 rings (SSSR count). The van der Waals surface area contributed by atoms with Crippen LogP contribution < -0.4 is 21.1 Å². The fourth-order valence-electron chi connectivity index (χ4n) is 3.39. The highest BCUT2D eigenvalue weighted by Crippen LogP contribution is 2.34. The van der Waals surface area contributed by atoms with Crippen molar-refractivity contribution in [3.05, 3.63) is 96.1 Å². The number of hydrogen-bond acceptors (Lipinski definition) is 7. The number of benzene rings is 3. The summed E-state index contributed by atoms with van der Waals surface area (Å²) in [6.45, 7) is 1.72. The van der Waals surface area contributed by atoms with Gasteiger partial charge in [-0.1, -0.05) is 49.4 Å². The predicted molar refractivity (Wildman–Crippen MR) is 136 cm³/mol. The van der Waals surface area contributed by atoms with Crippen molar-refractivity contribution in [3.63, 3.8) is 0 Å². The highest BCUT2D eigenvalue weighted by Gasteiger charge is 2.25. The second-order valence-corrected chi connectivity index (χ2v) is 7.87. The number of rotatable bonds is 8. The van der Waals surface area contributed by atoms with Gasteiger partial charge in [0.2, 0.25) is 5.91 Å². The fraction of sp³-hybridized carbons (Fsp3) is 0.148. The normalized spacial score (nSPS) is 12.4. The molecule has 0 aliphatic rings. The number of phenolic OH excluding ortho intramolecular Hbond substituents is 1. The Bertz CT molecular complexity index is 1260. The maximum atomic E-state index is 12.6. The molecule has 36 heavy (non-hydrogen) atoms. The third-order valence-electron chi connectivity index (χ3n) is 5.26. The van der Waals surface area contributed by atoms with E-state index in [2.05, 4.69) is 10.6 Å². The zero-order chi connectivity index (χ0) is 26.1. The van der Waals surface area contributed by atoms with Crippen LogP contribution in [-0.2, 0) is 9.53 Å². The summed E-state index contributed by atoms with van der Waals surface area (Å²) < 4.78 is 10.6. The average molecular weight is 490 g/mol. The maximum Gasteiger partial charge on any atom is 0.414 e. The van der Waals surface area contributed by atoms with E-state index in [1.165, 1.54) is 25.3 Å². The second kappa shape index (κ2) is 12.1. The molecule has 5 N–H and O–H groups in total. The molecular formula is C27H27N3O6. The fourth-order valence-corrected chi connectivity index (χ4v) is 3.39. The molecule has 0 aromatic heterocycles. The highest BCUT2D eigenvalue weighted by molar-refractivity contribution is 6.03. The molecule has 3 aromatic rings. The van der Waals surface area contributed by atoms with Crippen molar-refractivity contribution in [2.45, 2.75) is 13.0 Å². The summed E-state index contributed by atoms with van der Waals surface area (Å²) in [7, 11) is 1.41. The minimum Gasteiger partial charge on any atom is -0.504 e. The molecule has 0 saturated carbocycles. The Morgan fingerprint density at radius 1 is 1.00 bits per heavy atom. The quantitative estimate of drug-likeness (QED) is 0.271.